The lowest BCUT2D eigenvalue weighted by molar-refractivity contribution is -0.176. The maximum Gasteiger partial charge on any atom is 0.191 e. The SMILES string of the molecule is CCNC(=NCc1ncnn1C)NC1CC(C)(OC)C1(C)C.I. The molecule has 0 spiro atoms. The lowest BCUT2D eigenvalue weighted by Gasteiger charge is -2.59. The normalized spacial score (nSPS) is 26.2. The second-order valence-electron chi connectivity index (χ2n) is 6.55. The first-order valence-corrected chi connectivity index (χ1v) is 7.77. The zero-order valence-electron chi connectivity index (χ0n) is 14.9. The van der Waals surface area contributed by atoms with Crippen molar-refractivity contribution in [3.05, 3.63) is 12.2 Å². The molecular weight excluding hydrogens is 407 g/mol. The van der Waals surface area contributed by atoms with Gasteiger partial charge in [-0.05, 0) is 20.3 Å². The first-order valence-electron chi connectivity index (χ1n) is 7.77. The molecule has 1 fully saturated rings. The van der Waals surface area contributed by atoms with E-state index in [0.29, 0.717) is 12.6 Å². The summed E-state index contributed by atoms with van der Waals surface area (Å²) in [6.45, 7) is 9.99. The molecule has 0 aliphatic heterocycles. The van der Waals surface area contributed by atoms with Crippen LogP contribution in [0.4, 0.5) is 0 Å². The van der Waals surface area contributed by atoms with E-state index in [1.54, 1.807) is 18.1 Å². The molecule has 2 unspecified atom stereocenters. The Morgan fingerprint density at radius 1 is 1.48 bits per heavy atom. The predicted octanol–water partition coefficient (Wildman–Crippen LogP) is 1.69. The maximum atomic E-state index is 5.67. The number of guanidine groups is 1. The summed E-state index contributed by atoms with van der Waals surface area (Å²) >= 11 is 0. The highest BCUT2D eigenvalue weighted by Crippen LogP contribution is 2.51. The van der Waals surface area contributed by atoms with Crippen molar-refractivity contribution in [3.8, 4) is 0 Å². The quantitative estimate of drug-likeness (QED) is 0.418. The Morgan fingerprint density at radius 3 is 2.65 bits per heavy atom. The fourth-order valence-electron chi connectivity index (χ4n) is 2.82. The number of aliphatic imine (C=N–C) groups is 1. The van der Waals surface area contributed by atoms with Crippen LogP contribution in [-0.4, -0.2) is 46.0 Å². The summed E-state index contributed by atoms with van der Waals surface area (Å²) in [5.74, 6) is 1.65. The Hall–Kier alpha value is -0.900. The molecule has 1 aromatic rings. The molecule has 1 aliphatic carbocycles. The molecule has 0 saturated heterocycles. The van der Waals surface area contributed by atoms with E-state index in [1.807, 2.05) is 7.05 Å². The Bertz CT molecular complexity index is 544. The van der Waals surface area contributed by atoms with Crippen molar-refractivity contribution in [2.75, 3.05) is 13.7 Å². The van der Waals surface area contributed by atoms with Crippen molar-refractivity contribution in [2.45, 2.75) is 52.3 Å². The molecule has 1 heterocycles. The molecule has 2 atom stereocenters. The number of methoxy groups -OCH3 is 1. The molecule has 1 aliphatic rings. The van der Waals surface area contributed by atoms with Crippen LogP contribution in [-0.2, 0) is 18.3 Å². The molecule has 2 N–H and O–H groups in total. The van der Waals surface area contributed by atoms with Gasteiger partial charge >= 0.3 is 0 Å². The van der Waals surface area contributed by atoms with Gasteiger partial charge in [-0.1, -0.05) is 13.8 Å². The van der Waals surface area contributed by atoms with Crippen LogP contribution < -0.4 is 10.6 Å². The maximum absolute atomic E-state index is 5.67. The number of aromatic nitrogens is 3. The minimum absolute atomic E-state index is 0. The molecule has 0 radical (unpaired) electrons. The van der Waals surface area contributed by atoms with Gasteiger partial charge < -0.3 is 15.4 Å². The predicted molar refractivity (Wildman–Crippen MR) is 102 cm³/mol. The fraction of sp³-hybridized carbons (Fsp3) is 0.800. The highest BCUT2D eigenvalue weighted by Gasteiger charge is 2.58. The van der Waals surface area contributed by atoms with Gasteiger partial charge in [0.1, 0.15) is 18.7 Å². The second kappa shape index (κ2) is 7.78. The summed E-state index contributed by atoms with van der Waals surface area (Å²) in [6, 6.07) is 0.328. The summed E-state index contributed by atoms with van der Waals surface area (Å²) in [7, 11) is 3.66. The van der Waals surface area contributed by atoms with E-state index < -0.39 is 0 Å². The van der Waals surface area contributed by atoms with Crippen molar-refractivity contribution in [1.29, 1.82) is 0 Å². The molecule has 1 saturated carbocycles. The first-order chi connectivity index (χ1) is 10.3. The van der Waals surface area contributed by atoms with E-state index in [4.69, 9.17) is 4.74 Å². The van der Waals surface area contributed by atoms with Crippen LogP contribution in [0.25, 0.3) is 0 Å². The van der Waals surface area contributed by atoms with Gasteiger partial charge in [0.05, 0.1) is 5.60 Å². The van der Waals surface area contributed by atoms with Crippen LogP contribution in [0.2, 0.25) is 0 Å². The lowest BCUT2D eigenvalue weighted by Crippen LogP contribution is -2.69. The van der Waals surface area contributed by atoms with E-state index in [2.05, 4.69) is 53.4 Å². The topological polar surface area (TPSA) is 76.4 Å². The van der Waals surface area contributed by atoms with Crippen molar-refractivity contribution < 1.29 is 4.74 Å². The lowest BCUT2D eigenvalue weighted by atomic mass is 9.56. The molecular formula is C15H29IN6O. The highest BCUT2D eigenvalue weighted by molar-refractivity contribution is 14.0. The summed E-state index contributed by atoms with van der Waals surface area (Å²) in [5.41, 5.74) is -0.0473. The van der Waals surface area contributed by atoms with Gasteiger partial charge in [-0.3, -0.25) is 4.68 Å². The zero-order chi connectivity index (χ0) is 16.4. The van der Waals surface area contributed by atoms with Gasteiger partial charge in [-0.15, -0.1) is 24.0 Å². The minimum atomic E-state index is -0.0917. The third-order valence-corrected chi connectivity index (χ3v) is 5.12. The Labute approximate surface area is 155 Å². The van der Waals surface area contributed by atoms with E-state index in [0.717, 1.165) is 24.7 Å². The van der Waals surface area contributed by atoms with Crippen LogP contribution in [0.3, 0.4) is 0 Å². The number of aryl methyl sites for hydroxylation is 1. The van der Waals surface area contributed by atoms with Gasteiger partial charge in [-0.25, -0.2) is 9.98 Å². The average molecular weight is 436 g/mol. The number of halogens is 1. The van der Waals surface area contributed by atoms with Crippen molar-refractivity contribution in [1.82, 2.24) is 25.4 Å². The van der Waals surface area contributed by atoms with Gasteiger partial charge in [0.15, 0.2) is 5.96 Å². The van der Waals surface area contributed by atoms with Crippen molar-refractivity contribution >= 4 is 29.9 Å². The van der Waals surface area contributed by atoms with Gasteiger partial charge in [0, 0.05) is 32.2 Å². The zero-order valence-corrected chi connectivity index (χ0v) is 17.2. The van der Waals surface area contributed by atoms with E-state index in [9.17, 15) is 0 Å². The third-order valence-electron chi connectivity index (χ3n) is 5.12. The molecule has 2 rings (SSSR count). The Morgan fingerprint density at radius 2 is 2.17 bits per heavy atom. The molecule has 8 heteroatoms. The van der Waals surface area contributed by atoms with Crippen LogP contribution in [0.5, 0.6) is 0 Å². The van der Waals surface area contributed by atoms with Crippen LogP contribution in [0.1, 0.15) is 39.9 Å². The summed E-state index contributed by atoms with van der Waals surface area (Å²) in [6.07, 6.45) is 2.51. The monoisotopic (exact) mass is 436 g/mol. The molecule has 0 bridgehead atoms. The highest BCUT2D eigenvalue weighted by atomic mass is 127. The number of nitrogens with one attached hydrogen (secondary N) is 2. The minimum Gasteiger partial charge on any atom is -0.378 e. The summed E-state index contributed by atoms with van der Waals surface area (Å²) in [4.78, 5) is 8.80. The molecule has 23 heavy (non-hydrogen) atoms. The third kappa shape index (κ3) is 3.96. The number of nitrogens with zero attached hydrogens (tertiary/aromatic N) is 4. The molecule has 0 amide bonds. The van der Waals surface area contributed by atoms with Crippen molar-refractivity contribution in [2.24, 2.45) is 17.5 Å². The number of hydrogen-bond acceptors (Lipinski definition) is 4. The molecule has 7 nitrogen and oxygen atoms in total. The standard InChI is InChI=1S/C15H28N6O.HI/c1-7-16-13(17-9-12-18-10-19-21(12)5)20-11-8-15(4,22-6)14(11,2)3;/h10-11H,7-9H2,1-6H3,(H2,16,17,20);1H. The van der Waals surface area contributed by atoms with Gasteiger partial charge in [0.25, 0.3) is 0 Å². The van der Waals surface area contributed by atoms with E-state index >= 15 is 0 Å². The summed E-state index contributed by atoms with van der Waals surface area (Å²) in [5, 5.41) is 10.9. The Kier molecular flexibility index (Phi) is 6.81. The molecule has 1 aromatic heterocycles. The average Bonchev–Trinajstić information content (AvgIpc) is 2.89. The first kappa shape index (κ1) is 20.1. The van der Waals surface area contributed by atoms with Crippen LogP contribution in [0, 0.1) is 5.41 Å². The van der Waals surface area contributed by atoms with Crippen LogP contribution >= 0.6 is 24.0 Å². The Balaban J connectivity index is 0.00000264. The van der Waals surface area contributed by atoms with Gasteiger partial charge in [0.2, 0.25) is 0 Å². The largest absolute Gasteiger partial charge is 0.378 e. The summed E-state index contributed by atoms with van der Waals surface area (Å²) < 4.78 is 7.41. The number of hydrogen-bond donors (Lipinski definition) is 2. The van der Waals surface area contributed by atoms with Crippen LogP contribution in [0.15, 0.2) is 11.3 Å². The van der Waals surface area contributed by atoms with E-state index in [1.165, 1.54) is 0 Å². The number of rotatable bonds is 5. The van der Waals surface area contributed by atoms with Crippen molar-refractivity contribution in [3.63, 3.8) is 0 Å². The molecule has 132 valence electrons. The van der Waals surface area contributed by atoms with Gasteiger partial charge in [-0.2, -0.15) is 5.10 Å². The fourth-order valence-corrected chi connectivity index (χ4v) is 2.82. The smallest absolute Gasteiger partial charge is 0.191 e. The molecule has 0 aromatic carbocycles. The number of ether oxygens (including phenoxy) is 1. The van der Waals surface area contributed by atoms with E-state index in [-0.39, 0.29) is 35.0 Å². The second-order valence-corrected chi connectivity index (χ2v) is 6.55.